The number of carbonyl (C=O) groups is 1. The lowest BCUT2D eigenvalue weighted by Crippen LogP contribution is -2.33. The maximum absolute atomic E-state index is 13.4. The Morgan fingerprint density at radius 2 is 2.31 bits per heavy atom. The molecule has 1 aromatic rings. The van der Waals surface area contributed by atoms with Gasteiger partial charge in [0.05, 0.1) is 5.56 Å². The van der Waals surface area contributed by atoms with E-state index in [9.17, 15) is 9.18 Å². The van der Waals surface area contributed by atoms with E-state index < -0.39 is 11.7 Å². The van der Waals surface area contributed by atoms with Crippen LogP contribution in [0.3, 0.4) is 0 Å². The second kappa shape index (κ2) is 5.96. The number of amides is 1. The Balaban J connectivity index is 2.73. The molecule has 0 saturated heterocycles. The highest BCUT2D eigenvalue weighted by atomic mass is 79.9. The minimum absolute atomic E-state index is 0.00740. The Morgan fingerprint density at radius 1 is 1.62 bits per heavy atom. The van der Waals surface area contributed by atoms with Crippen molar-refractivity contribution in [3.63, 3.8) is 0 Å². The number of carbonyl (C=O) groups excluding carboxylic acids is 1. The molecule has 0 aromatic heterocycles. The van der Waals surface area contributed by atoms with E-state index in [1.54, 1.807) is 13.0 Å². The van der Waals surface area contributed by atoms with Gasteiger partial charge in [-0.3, -0.25) is 4.79 Å². The number of aliphatic hydroxyl groups is 1. The summed E-state index contributed by atoms with van der Waals surface area (Å²) in [6, 6.07) is 4.08. The number of benzene rings is 1. The molecule has 1 aromatic carbocycles. The molecule has 88 valence electrons. The molecule has 5 heteroatoms. The van der Waals surface area contributed by atoms with Crippen LogP contribution in [0.1, 0.15) is 23.7 Å². The van der Waals surface area contributed by atoms with Crippen molar-refractivity contribution < 1.29 is 14.3 Å². The van der Waals surface area contributed by atoms with Gasteiger partial charge in [-0.2, -0.15) is 0 Å². The van der Waals surface area contributed by atoms with Crippen LogP contribution in [0.25, 0.3) is 0 Å². The lowest BCUT2D eigenvalue weighted by Gasteiger charge is -2.12. The Morgan fingerprint density at radius 3 is 2.88 bits per heavy atom. The second-order valence-corrected chi connectivity index (χ2v) is 4.43. The first kappa shape index (κ1) is 13.1. The van der Waals surface area contributed by atoms with Crippen molar-refractivity contribution in [3.05, 3.63) is 34.1 Å². The number of halogens is 2. The average molecular weight is 290 g/mol. The van der Waals surface area contributed by atoms with Crippen molar-refractivity contribution in [2.45, 2.75) is 19.4 Å². The van der Waals surface area contributed by atoms with E-state index >= 15 is 0 Å². The van der Waals surface area contributed by atoms with E-state index in [-0.39, 0.29) is 18.2 Å². The van der Waals surface area contributed by atoms with Crippen molar-refractivity contribution in [1.82, 2.24) is 5.32 Å². The van der Waals surface area contributed by atoms with Crippen LogP contribution >= 0.6 is 15.9 Å². The fraction of sp³-hybridized carbons (Fsp3) is 0.364. The average Bonchev–Trinajstić information content (AvgIpc) is 2.17. The second-order valence-electron chi connectivity index (χ2n) is 3.51. The molecule has 2 N–H and O–H groups in total. The fourth-order valence-corrected chi connectivity index (χ4v) is 1.57. The quantitative estimate of drug-likeness (QED) is 0.892. The van der Waals surface area contributed by atoms with Gasteiger partial charge in [0, 0.05) is 17.1 Å². The molecule has 0 saturated carbocycles. The maximum atomic E-state index is 13.4. The lowest BCUT2D eigenvalue weighted by molar-refractivity contribution is 0.0930. The molecule has 3 nitrogen and oxygen atoms in total. The van der Waals surface area contributed by atoms with E-state index in [2.05, 4.69) is 21.2 Å². The van der Waals surface area contributed by atoms with Gasteiger partial charge in [0.15, 0.2) is 0 Å². The van der Waals surface area contributed by atoms with Gasteiger partial charge in [0.1, 0.15) is 5.82 Å². The Kier molecular flexibility index (Phi) is 4.89. The number of hydrogen-bond donors (Lipinski definition) is 2. The minimum Gasteiger partial charge on any atom is -0.396 e. The summed E-state index contributed by atoms with van der Waals surface area (Å²) in [5, 5.41) is 11.3. The van der Waals surface area contributed by atoms with Crippen LogP contribution in [-0.2, 0) is 0 Å². The van der Waals surface area contributed by atoms with E-state index in [4.69, 9.17) is 5.11 Å². The van der Waals surface area contributed by atoms with Gasteiger partial charge in [-0.05, 0) is 31.5 Å². The number of rotatable bonds is 4. The normalized spacial score (nSPS) is 12.2. The smallest absolute Gasteiger partial charge is 0.254 e. The van der Waals surface area contributed by atoms with E-state index in [0.29, 0.717) is 10.9 Å². The van der Waals surface area contributed by atoms with Crippen LogP contribution in [0.5, 0.6) is 0 Å². The first-order valence-electron chi connectivity index (χ1n) is 4.91. The van der Waals surface area contributed by atoms with Crippen LogP contribution in [0.4, 0.5) is 4.39 Å². The largest absolute Gasteiger partial charge is 0.396 e. The minimum atomic E-state index is -0.567. The molecular weight excluding hydrogens is 277 g/mol. The first-order valence-corrected chi connectivity index (χ1v) is 5.70. The summed E-state index contributed by atoms with van der Waals surface area (Å²) in [4.78, 5) is 11.6. The van der Waals surface area contributed by atoms with Crippen molar-refractivity contribution in [2.75, 3.05) is 6.61 Å². The van der Waals surface area contributed by atoms with E-state index in [1.165, 1.54) is 12.1 Å². The third kappa shape index (κ3) is 3.57. The van der Waals surface area contributed by atoms with Gasteiger partial charge >= 0.3 is 0 Å². The molecule has 0 aliphatic rings. The topological polar surface area (TPSA) is 49.3 Å². The molecule has 0 radical (unpaired) electrons. The monoisotopic (exact) mass is 289 g/mol. The summed E-state index contributed by atoms with van der Waals surface area (Å²) in [5.74, 6) is -1.03. The standard InChI is InChI=1S/C11H13BrFNO2/c1-7(4-5-15)14-11(16)9-3-2-8(12)6-10(9)13/h2-3,6-7,15H,4-5H2,1H3,(H,14,16). The van der Waals surface area contributed by atoms with Crippen molar-refractivity contribution in [1.29, 1.82) is 0 Å². The van der Waals surface area contributed by atoms with Crippen LogP contribution < -0.4 is 5.32 Å². The fourth-order valence-electron chi connectivity index (χ4n) is 1.24. The van der Waals surface area contributed by atoms with Crippen molar-refractivity contribution in [3.8, 4) is 0 Å². The van der Waals surface area contributed by atoms with Gasteiger partial charge in [0.2, 0.25) is 0 Å². The SMILES string of the molecule is CC(CCO)NC(=O)c1ccc(Br)cc1F. The zero-order chi connectivity index (χ0) is 12.1. The molecule has 0 aliphatic carbocycles. The van der Waals surface area contributed by atoms with Gasteiger partial charge < -0.3 is 10.4 Å². The predicted octanol–water partition coefficient (Wildman–Crippen LogP) is 2.09. The molecular formula is C11H13BrFNO2. The molecule has 0 heterocycles. The Hall–Kier alpha value is -0.940. The van der Waals surface area contributed by atoms with Crippen LogP contribution in [0, 0.1) is 5.82 Å². The summed E-state index contributed by atoms with van der Waals surface area (Å²) < 4.78 is 14.0. The predicted molar refractivity (Wildman–Crippen MR) is 62.7 cm³/mol. The summed E-state index contributed by atoms with van der Waals surface area (Å²) in [6.45, 7) is 1.75. The lowest BCUT2D eigenvalue weighted by atomic mass is 10.1. The van der Waals surface area contributed by atoms with Gasteiger partial charge in [-0.1, -0.05) is 15.9 Å². The van der Waals surface area contributed by atoms with Crippen molar-refractivity contribution in [2.24, 2.45) is 0 Å². The molecule has 1 rings (SSSR count). The molecule has 1 unspecified atom stereocenters. The summed E-state index contributed by atoms with van der Waals surface area (Å²) in [6.07, 6.45) is 0.448. The van der Waals surface area contributed by atoms with Crippen LogP contribution in [0.2, 0.25) is 0 Å². The van der Waals surface area contributed by atoms with E-state index in [0.717, 1.165) is 0 Å². The highest BCUT2D eigenvalue weighted by Gasteiger charge is 2.13. The molecule has 0 aliphatic heterocycles. The zero-order valence-corrected chi connectivity index (χ0v) is 10.4. The summed E-state index contributed by atoms with van der Waals surface area (Å²) in [7, 11) is 0. The van der Waals surface area contributed by atoms with Crippen LogP contribution in [-0.4, -0.2) is 23.7 Å². The summed E-state index contributed by atoms with van der Waals surface area (Å²) >= 11 is 3.12. The molecule has 1 amide bonds. The molecule has 0 fully saturated rings. The molecule has 1 atom stereocenters. The third-order valence-corrected chi connectivity index (χ3v) is 2.61. The molecule has 0 bridgehead atoms. The third-order valence-electron chi connectivity index (χ3n) is 2.12. The first-order chi connectivity index (χ1) is 7.54. The number of nitrogens with one attached hydrogen (secondary N) is 1. The highest BCUT2D eigenvalue weighted by molar-refractivity contribution is 9.10. The highest BCUT2D eigenvalue weighted by Crippen LogP contribution is 2.15. The van der Waals surface area contributed by atoms with Crippen molar-refractivity contribution >= 4 is 21.8 Å². The van der Waals surface area contributed by atoms with Crippen LogP contribution in [0.15, 0.2) is 22.7 Å². The molecule has 0 spiro atoms. The molecule has 16 heavy (non-hydrogen) atoms. The van der Waals surface area contributed by atoms with Gasteiger partial charge in [-0.25, -0.2) is 4.39 Å². The Labute approximate surface area is 102 Å². The van der Waals surface area contributed by atoms with Gasteiger partial charge in [0.25, 0.3) is 5.91 Å². The zero-order valence-electron chi connectivity index (χ0n) is 8.84. The van der Waals surface area contributed by atoms with Gasteiger partial charge in [-0.15, -0.1) is 0 Å². The maximum Gasteiger partial charge on any atom is 0.254 e. The number of hydrogen-bond acceptors (Lipinski definition) is 2. The Bertz CT molecular complexity index is 384. The van der Waals surface area contributed by atoms with E-state index in [1.807, 2.05) is 0 Å². The number of aliphatic hydroxyl groups excluding tert-OH is 1. The summed E-state index contributed by atoms with van der Waals surface area (Å²) in [5.41, 5.74) is 0.00740.